The van der Waals surface area contributed by atoms with Gasteiger partial charge in [0.15, 0.2) is 0 Å². The van der Waals surface area contributed by atoms with Gasteiger partial charge in [-0.15, -0.1) is 0 Å². The van der Waals surface area contributed by atoms with Gasteiger partial charge >= 0.3 is 6.03 Å². The van der Waals surface area contributed by atoms with Gasteiger partial charge in [0, 0.05) is 39.1 Å². The second-order valence-electron chi connectivity index (χ2n) is 7.80. The summed E-state index contributed by atoms with van der Waals surface area (Å²) in [7, 11) is 2.00. The van der Waals surface area contributed by atoms with Gasteiger partial charge in [0.2, 0.25) is 0 Å². The second-order valence-corrected chi connectivity index (χ2v) is 9.40. The molecule has 0 saturated heterocycles. The van der Waals surface area contributed by atoms with E-state index < -0.39 is 12.1 Å². The van der Waals surface area contributed by atoms with Crippen LogP contribution in [0.4, 0.5) is 16.2 Å². The van der Waals surface area contributed by atoms with Crippen molar-refractivity contribution < 1.29 is 9.59 Å². The zero-order valence-corrected chi connectivity index (χ0v) is 21.3. The van der Waals surface area contributed by atoms with Crippen LogP contribution in [0.25, 0.3) is 0 Å². The van der Waals surface area contributed by atoms with Gasteiger partial charge < -0.3 is 16.0 Å². The number of carbonyl (C=O) groups is 2. The molecular weight excluding hydrogens is 565 g/mol. The predicted molar refractivity (Wildman–Crippen MR) is 145 cm³/mol. The average Bonchev–Trinajstić information content (AvgIpc) is 3.25. The number of primary amides is 1. The molecule has 1 aliphatic rings. The van der Waals surface area contributed by atoms with Crippen molar-refractivity contribution in [1.29, 1.82) is 0 Å². The first-order valence-corrected chi connectivity index (χ1v) is 12.1. The van der Waals surface area contributed by atoms with Crippen LogP contribution in [0.3, 0.4) is 0 Å². The van der Waals surface area contributed by atoms with E-state index in [0.29, 0.717) is 22.0 Å². The summed E-state index contributed by atoms with van der Waals surface area (Å²) in [6.07, 6.45) is 0. The van der Waals surface area contributed by atoms with E-state index in [2.05, 4.69) is 37.8 Å². The summed E-state index contributed by atoms with van der Waals surface area (Å²) in [6.45, 7) is 1.66. The molecule has 3 amide bonds. The Balaban J connectivity index is 1.67. The topological polar surface area (TPSA) is 91.0 Å². The van der Waals surface area contributed by atoms with Gasteiger partial charge in [0.05, 0.1) is 6.54 Å². The lowest BCUT2D eigenvalue weighted by molar-refractivity contribution is -0.117. The van der Waals surface area contributed by atoms with Gasteiger partial charge in [-0.2, -0.15) is 0 Å². The second kappa shape index (κ2) is 10.4. The van der Waals surface area contributed by atoms with E-state index >= 15 is 0 Å². The normalized spacial score (nSPS) is 13.9. The molecule has 0 aliphatic carbocycles. The number of hydrogen-bond donors (Lipinski definition) is 2. The minimum atomic E-state index is -0.989. The Bertz CT molecular complexity index is 1230. The van der Waals surface area contributed by atoms with Gasteiger partial charge in [-0.25, -0.2) is 4.79 Å². The van der Waals surface area contributed by atoms with Gasteiger partial charge in [-0.05, 0) is 82.8 Å². The number of benzene rings is 3. The fraction of sp³-hybridized carbons (Fsp3) is 0.160. The number of halogens is 2. The third-order valence-electron chi connectivity index (χ3n) is 5.52. The molecule has 1 unspecified atom stereocenters. The van der Waals surface area contributed by atoms with Crippen LogP contribution in [0.5, 0.6) is 0 Å². The molecule has 0 fully saturated rings. The fourth-order valence-corrected chi connectivity index (χ4v) is 4.67. The van der Waals surface area contributed by atoms with E-state index in [0.717, 1.165) is 28.1 Å². The maximum atomic E-state index is 13.6. The SMILES string of the molecule is CN1CCN=C1c1ccc(NC(=O)C(c2ccccc2I)N(C(N)=O)c2ccc(Cl)cc2)cc1. The summed E-state index contributed by atoms with van der Waals surface area (Å²) in [5, 5.41) is 3.46. The van der Waals surface area contributed by atoms with E-state index in [1.165, 1.54) is 4.90 Å². The molecule has 174 valence electrons. The standard InChI is InChI=1S/C25H23ClIN5O2/c1-31-15-14-29-23(31)16-6-10-18(11-7-16)30-24(33)22(20-4-2-3-5-21(20)27)32(25(28)34)19-12-8-17(26)9-13-19/h2-13,22H,14-15H2,1H3,(H2,28,34)(H,30,33). The average molecular weight is 588 g/mol. The summed E-state index contributed by atoms with van der Waals surface area (Å²) < 4.78 is 0.832. The number of nitrogens with zero attached hydrogens (tertiary/aromatic N) is 3. The van der Waals surface area contributed by atoms with Crippen LogP contribution in [0.1, 0.15) is 17.2 Å². The Morgan fingerprint density at radius 2 is 1.76 bits per heavy atom. The van der Waals surface area contributed by atoms with Crippen molar-refractivity contribution in [2.75, 3.05) is 30.4 Å². The molecule has 0 spiro atoms. The number of amides is 3. The lowest BCUT2D eigenvalue weighted by Gasteiger charge is -2.30. The lowest BCUT2D eigenvalue weighted by atomic mass is 10.0. The van der Waals surface area contributed by atoms with E-state index in [4.69, 9.17) is 17.3 Å². The minimum Gasteiger partial charge on any atom is -0.358 e. The third kappa shape index (κ3) is 5.18. The molecule has 0 saturated carbocycles. The molecule has 1 atom stereocenters. The van der Waals surface area contributed by atoms with Crippen LogP contribution in [0.2, 0.25) is 5.02 Å². The Labute approximate surface area is 216 Å². The third-order valence-corrected chi connectivity index (χ3v) is 6.75. The first kappa shape index (κ1) is 24.0. The molecule has 4 rings (SSSR count). The van der Waals surface area contributed by atoms with Crippen LogP contribution in [0, 0.1) is 3.57 Å². The number of nitrogens with one attached hydrogen (secondary N) is 1. The Morgan fingerprint density at radius 3 is 2.35 bits per heavy atom. The highest BCUT2D eigenvalue weighted by molar-refractivity contribution is 14.1. The van der Waals surface area contributed by atoms with Crippen LogP contribution in [-0.4, -0.2) is 42.8 Å². The molecule has 3 aromatic rings. The first-order valence-electron chi connectivity index (χ1n) is 10.6. The number of carbonyl (C=O) groups excluding carboxylic acids is 2. The maximum absolute atomic E-state index is 13.6. The molecule has 3 aromatic carbocycles. The highest BCUT2D eigenvalue weighted by Gasteiger charge is 2.33. The number of hydrogen-bond acceptors (Lipinski definition) is 4. The quantitative estimate of drug-likeness (QED) is 0.402. The Hall–Kier alpha value is -3.11. The minimum absolute atomic E-state index is 0.388. The number of rotatable bonds is 6. The summed E-state index contributed by atoms with van der Waals surface area (Å²) >= 11 is 8.18. The maximum Gasteiger partial charge on any atom is 0.320 e. The van der Waals surface area contributed by atoms with Gasteiger partial charge in [0.25, 0.3) is 5.91 Å². The number of aliphatic imine (C=N–C) groups is 1. The van der Waals surface area contributed by atoms with Crippen molar-refractivity contribution in [3.05, 3.63) is 92.5 Å². The molecule has 1 heterocycles. The van der Waals surface area contributed by atoms with E-state index in [1.807, 2.05) is 55.6 Å². The van der Waals surface area contributed by atoms with Crippen LogP contribution >= 0.6 is 34.2 Å². The van der Waals surface area contributed by atoms with Gasteiger partial charge in [0.1, 0.15) is 11.9 Å². The number of likely N-dealkylation sites (N-methyl/N-ethyl adjacent to an activating group) is 1. The highest BCUT2D eigenvalue weighted by Crippen LogP contribution is 2.32. The molecular formula is C25H23ClIN5O2. The molecule has 7 nitrogen and oxygen atoms in total. The number of urea groups is 1. The molecule has 3 N–H and O–H groups in total. The zero-order valence-electron chi connectivity index (χ0n) is 18.4. The van der Waals surface area contributed by atoms with Crippen molar-refractivity contribution in [3.8, 4) is 0 Å². The van der Waals surface area contributed by atoms with Gasteiger partial charge in [-0.1, -0.05) is 29.8 Å². The molecule has 0 radical (unpaired) electrons. The van der Waals surface area contributed by atoms with E-state index in [9.17, 15) is 9.59 Å². The van der Waals surface area contributed by atoms with E-state index in [-0.39, 0.29) is 5.91 Å². The molecule has 9 heteroatoms. The van der Waals surface area contributed by atoms with Crippen molar-refractivity contribution in [2.24, 2.45) is 10.7 Å². The molecule has 0 aromatic heterocycles. The zero-order chi connectivity index (χ0) is 24.2. The number of nitrogens with two attached hydrogens (primary N) is 1. The van der Waals surface area contributed by atoms with E-state index in [1.54, 1.807) is 24.3 Å². The highest BCUT2D eigenvalue weighted by atomic mass is 127. The largest absolute Gasteiger partial charge is 0.358 e. The van der Waals surface area contributed by atoms with Crippen molar-refractivity contribution >= 4 is 63.3 Å². The van der Waals surface area contributed by atoms with Crippen molar-refractivity contribution in [1.82, 2.24) is 4.90 Å². The summed E-state index contributed by atoms with van der Waals surface area (Å²) in [5.74, 6) is 0.540. The molecule has 0 bridgehead atoms. The number of anilines is 2. The first-order chi connectivity index (χ1) is 16.3. The number of amidine groups is 1. The Morgan fingerprint density at radius 1 is 1.09 bits per heavy atom. The fourth-order valence-electron chi connectivity index (χ4n) is 3.86. The molecule has 1 aliphatic heterocycles. The van der Waals surface area contributed by atoms with Crippen molar-refractivity contribution in [2.45, 2.75) is 6.04 Å². The summed E-state index contributed by atoms with van der Waals surface area (Å²) in [4.78, 5) is 34.1. The van der Waals surface area contributed by atoms with Crippen LogP contribution in [0.15, 0.2) is 77.8 Å². The van der Waals surface area contributed by atoms with Gasteiger partial charge in [-0.3, -0.25) is 14.7 Å². The monoisotopic (exact) mass is 587 g/mol. The van der Waals surface area contributed by atoms with Crippen LogP contribution in [-0.2, 0) is 4.79 Å². The smallest absolute Gasteiger partial charge is 0.320 e. The predicted octanol–water partition coefficient (Wildman–Crippen LogP) is 4.90. The molecule has 34 heavy (non-hydrogen) atoms. The Kier molecular flexibility index (Phi) is 7.38. The lowest BCUT2D eigenvalue weighted by Crippen LogP contribution is -2.44. The summed E-state index contributed by atoms with van der Waals surface area (Å²) in [6, 6.07) is 19.8. The van der Waals surface area contributed by atoms with Crippen molar-refractivity contribution in [3.63, 3.8) is 0 Å². The summed E-state index contributed by atoms with van der Waals surface area (Å²) in [5.41, 5.74) is 8.49. The van der Waals surface area contributed by atoms with Crippen LogP contribution < -0.4 is 16.0 Å².